The highest BCUT2D eigenvalue weighted by atomic mass is 79.9. The van der Waals surface area contributed by atoms with Crippen LogP contribution in [0.25, 0.3) is 0 Å². The number of thiocarbonyl (C=S) groups is 1. The Morgan fingerprint density at radius 1 is 1.26 bits per heavy atom. The topological polar surface area (TPSA) is 35.2 Å². The molecule has 0 fully saturated rings. The Hall–Kier alpha value is -1.46. The molecule has 2 rings (SSSR count). The Morgan fingerprint density at radius 2 is 2.00 bits per heavy atom. The predicted molar refractivity (Wildman–Crippen MR) is 80.8 cm³/mol. The van der Waals surface area contributed by atoms with Crippen molar-refractivity contribution in [3.63, 3.8) is 0 Å². The molecule has 0 saturated carbocycles. The molecule has 0 heterocycles. The SMILES string of the molecule is NC(=S)c1cc(F)cc(COc2ccccc2Br)c1. The van der Waals surface area contributed by atoms with Gasteiger partial charge < -0.3 is 10.5 Å². The summed E-state index contributed by atoms with van der Waals surface area (Å²) < 4.78 is 19.9. The summed E-state index contributed by atoms with van der Waals surface area (Å²) in [6, 6.07) is 11.9. The van der Waals surface area contributed by atoms with E-state index in [1.807, 2.05) is 24.3 Å². The summed E-state index contributed by atoms with van der Waals surface area (Å²) in [6.07, 6.45) is 0. The Bertz CT molecular complexity index is 618. The molecule has 0 aliphatic rings. The van der Waals surface area contributed by atoms with Crippen LogP contribution in [0.15, 0.2) is 46.9 Å². The largest absolute Gasteiger partial charge is 0.488 e. The summed E-state index contributed by atoms with van der Waals surface area (Å²) in [5.41, 5.74) is 6.68. The zero-order valence-corrected chi connectivity index (χ0v) is 12.3. The average molecular weight is 340 g/mol. The summed E-state index contributed by atoms with van der Waals surface area (Å²) in [4.78, 5) is 0.168. The standard InChI is InChI=1S/C14H11BrFNOS/c15-12-3-1-2-4-13(12)18-8-9-5-10(14(17)19)7-11(16)6-9/h1-7H,8H2,(H2,17,19). The predicted octanol–water partition coefficient (Wildman–Crippen LogP) is 3.80. The van der Waals surface area contributed by atoms with Crippen molar-refractivity contribution in [3.8, 4) is 5.75 Å². The van der Waals surface area contributed by atoms with Crippen LogP contribution in [-0.2, 0) is 6.61 Å². The van der Waals surface area contributed by atoms with Gasteiger partial charge in [-0.2, -0.15) is 0 Å². The van der Waals surface area contributed by atoms with Gasteiger partial charge in [-0.15, -0.1) is 0 Å². The number of ether oxygens (including phenoxy) is 1. The molecular weight excluding hydrogens is 329 g/mol. The Labute approximate surface area is 124 Å². The molecule has 98 valence electrons. The summed E-state index contributed by atoms with van der Waals surface area (Å²) in [5, 5.41) is 0. The minimum Gasteiger partial charge on any atom is -0.488 e. The normalized spacial score (nSPS) is 10.2. The van der Waals surface area contributed by atoms with Gasteiger partial charge in [0.25, 0.3) is 0 Å². The van der Waals surface area contributed by atoms with E-state index in [9.17, 15) is 4.39 Å². The number of hydrogen-bond donors (Lipinski definition) is 1. The number of halogens is 2. The molecule has 0 aliphatic heterocycles. The van der Waals surface area contributed by atoms with Crippen molar-refractivity contribution in [2.24, 2.45) is 5.73 Å². The molecule has 2 nitrogen and oxygen atoms in total. The van der Waals surface area contributed by atoms with E-state index in [1.54, 1.807) is 6.07 Å². The van der Waals surface area contributed by atoms with E-state index in [1.165, 1.54) is 12.1 Å². The maximum absolute atomic E-state index is 13.4. The van der Waals surface area contributed by atoms with Crippen LogP contribution in [-0.4, -0.2) is 4.99 Å². The second-order valence-corrected chi connectivity index (χ2v) is 5.23. The van der Waals surface area contributed by atoms with Crippen LogP contribution in [0.2, 0.25) is 0 Å². The molecule has 5 heteroatoms. The van der Waals surface area contributed by atoms with Crippen LogP contribution < -0.4 is 10.5 Å². The minimum absolute atomic E-state index is 0.168. The van der Waals surface area contributed by atoms with E-state index >= 15 is 0 Å². The van der Waals surface area contributed by atoms with Gasteiger partial charge in [0.1, 0.15) is 23.2 Å². The maximum atomic E-state index is 13.4. The van der Waals surface area contributed by atoms with Crippen molar-refractivity contribution in [1.29, 1.82) is 0 Å². The average Bonchev–Trinajstić information content (AvgIpc) is 2.37. The third kappa shape index (κ3) is 3.75. The monoisotopic (exact) mass is 339 g/mol. The van der Waals surface area contributed by atoms with Crippen LogP contribution in [0.3, 0.4) is 0 Å². The van der Waals surface area contributed by atoms with E-state index in [2.05, 4.69) is 15.9 Å². The van der Waals surface area contributed by atoms with Crippen LogP contribution in [0.5, 0.6) is 5.75 Å². The lowest BCUT2D eigenvalue weighted by Crippen LogP contribution is -2.10. The summed E-state index contributed by atoms with van der Waals surface area (Å²) in [5.74, 6) is 0.319. The quantitative estimate of drug-likeness (QED) is 0.860. The zero-order chi connectivity index (χ0) is 13.8. The number of benzene rings is 2. The Balaban J connectivity index is 2.16. The molecule has 2 N–H and O–H groups in total. The molecule has 0 aromatic heterocycles. The lowest BCUT2D eigenvalue weighted by atomic mass is 10.1. The van der Waals surface area contributed by atoms with Gasteiger partial charge in [-0.1, -0.05) is 24.4 Å². The van der Waals surface area contributed by atoms with Crippen molar-refractivity contribution in [2.45, 2.75) is 6.61 Å². The fraction of sp³-hybridized carbons (Fsp3) is 0.0714. The number of hydrogen-bond acceptors (Lipinski definition) is 2. The van der Waals surface area contributed by atoms with E-state index in [0.717, 1.165) is 4.47 Å². The van der Waals surface area contributed by atoms with Gasteiger partial charge in [-0.3, -0.25) is 0 Å². The third-order valence-electron chi connectivity index (χ3n) is 2.47. The van der Waals surface area contributed by atoms with E-state index in [-0.39, 0.29) is 17.4 Å². The first-order valence-corrected chi connectivity index (χ1v) is 6.73. The van der Waals surface area contributed by atoms with E-state index < -0.39 is 0 Å². The van der Waals surface area contributed by atoms with Gasteiger partial charge in [0.2, 0.25) is 0 Å². The highest BCUT2D eigenvalue weighted by Gasteiger charge is 2.05. The summed E-state index contributed by atoms with van der Waals surface area (Å²) >= 11 is 8.22. The molecule has 2 aromatic rings. The van der Waals surface area contributed by atoms with Crippen molar-refractivity contribution >= 4 is 33.1 Å². The molecule has 0 aliphatic carbocycles. The fourth-order valence-corrected chi connectivity index (χ4v) is 2.12. The molecule has 0 atom stereocenters. The number of nitrogens with two attached hydrogens (primary N) is 1. The van der Waals surface area contributed by atoms with Crippen molar-refractivity contribution < 1.29 is 9.13 Å². The van der Waals surface area contributed by atoms with Crippen molar-refractivity contribution in [2.75, 3.05) is 0 Å². The molecule has 2 aromatic carbocycles. The first-order valence-electron chi connectivity index (χ1n) is 5.53. The first-order chi connectivity index (χ1) is 9.06. The van der Waals surface area contributed by atoms with Gasteiger partial charge in [0.05, 0.1) is 4.47 Å². The van der Waals surface area contributed by atoms with Gasteiger partial charge in [-0.05, 0) is 51.8 Å². The number of para-hydroxylation sites is 1. The molecule has 0 spiro atoms. The van der Waals surface area contributed by atoms with Crippen LogP contribution in [0.1, 0.15) is 11.1 Å². The van der Waals surface area contributed by atoms with E-state index in [4.69, 9.17) is 22.7 Å². The molecular formula is C14H11BrFNOS. The van der Waals surface area contributed by atoms with Gasteiger partial charge >= 0.3 is 0 Å². The second kappa shape index (κ2) is 6.12. The molecule has 0 bridgehead atoms. The van der Waals surface area contributed by atoms with Crippen molar-refractivity contribution in [1.82, 2.24) is 0 Å². The summed E-state index contributed by atoms with van der Waals surface area (Å²) in [6.45, 7) is 0.246. The Morgan fingerprint density at radius 3 is 2.68 bits per heavy atom. The van der Waals surface area contributed by atoms with Crippen LogP contribution in [0, 0.1) is 5.82 Å². The molecule has 0 saturated heterocycles. The smallest absolute Gasteiger partial charge is 0.133 e. The molecule has 0 amide bonds. The molecule has 0 unspecified atom stereocenters. The third-order valence-corrected chi connectivity index (χ3v) is 3.36. The van der Waals surface area contributed by atoms with Crippen LogP contribution >= 0.6 is 28.1 Å². The first kappa shape index (κ1) is 14.0. The lowest BCUT2D eigenvalue weighted by Gasteiger charge is -2.09. The molecule has 19 heavy (non-hydrogen) atoms. The van der Waals surface area contributed by atoms with Crippen molar-refractivity contribution in [3.05, 3.63) is 63.9 Å². The highest BCUT2D eigenvalue weighted by Crippen LogP contribution is 2.24. The highest BCUT2D eigenvalue weighted by molar-refractivity contribution is 9.10. The zero-order valence-electron chi connectivity index (χ0n) is 9.90. The van der Waals surface area contributed by atoms with E-state index in [0.29, 0.717) is 16.9 Å². The summed E-state index contributed by atoms with van der Waals surface area (Å²) in [7, 11) is 0. The maximum Gasteiger partial charge on any atom is 0.133 e. The van der Waals surface area contributed by atoms with Gasteiger partial charge in [0.15, 0.2) is 0 Å². The van der Waals surface area contributed by atoms with Gasteiger partial charge in [0, 0.05) is 5.56 Å². The lowest BCUT2D eigenvalue weighted by molar-refractivity contribution is 0.303. The number of rotatable bonds is 4. The second-order valence-electron chi connectivity index (χ2n) is 3.93. The Kier molecular flexibility index (Phi) is 4.50. The molecule has 0 radical (unpaired) electrons. The minimum atomic E-state index is -0.379. The van der Waals surface area contributed by atoms with Gasteiger partial charge in [-0.25, -0.2) is 4.39 Å². The van der Waals surface area contributed by atoms with Crippen LogP contribution in [0.4, 0.5) is 4.39 Å². The fourth-order valence-electron chi connectivity index (χ4n) is 1.60.